The minimum absolute atomic E-state index is 0.0623. The van der Waals surface area contributed by atoms with Gasteiger partial charge in [-0.3, -0.25) is 4.79 Å². The van der Waals surface area contributed by atoms with E-state index in [1.807, 2.05) is 62.4 Å². The van der Waals surface area contributed by atoms with Crippen LogP contribution in [-0.4, -0.2) is 21.3 Å². The smallest absolute Gasteiger partial charge is 0.246 e. The lowest BCUT2D eigenvalue weighted by Gasteiger charge is -2.13. The van der Waals surface area contributed by atoms with Crippen molar-refractivity contribution >= 4 is 29.3 Å². The molecule has 1 aromatic heterocycles. The third-order valence-electron chi connectivity index (χ3n) is 3.91. The summed E-state index contributed by atoms with van der Waals surface area (Å²) in [4.78, 5) is 17.9. The van der Waals surface area contributed by atoms with Crippen molar-refractivity contribution in [3.63, 3.8) is 0 Å². The summed E-state index contributed by atoms with van der Waals surface area (Å²) in [5.74, 6) is 0.837. The van der Waals surface area contributed by atoms with Gasteiger partial charge < -0.3 is 9.84 Å². The zero-order valence-corrected chi connectivity index (χ0v) is 16.7. The Kier molecular flexibility index (Phi) is 6.53. The highest BCUT2D eigenvalue weighted by Gasteiger charge is 2.19. The first-order valence-corrected chi connectivity index (χ1v) is 9.90. The Morgan fingerprint density at radius 3 is 2.74 bits per heavy atom. The highest BCUT2D eigenvalue weighted by Crippen LogP contribution is 2.27. The van der Waals surface area contributed by atoms with Crippen LogP contribution in [0.25, 0.3) is 11.4 Å². The van der Waals surface area contributed by atoms with Gasteiger partial charge in [-0.2, -0.15) is 4.98 Å². The van der Waals surface area contributed by atoms with E-state index < -0.39 is 0 Å². The summed E-state index contributed by atoms with van der Waals surface area (Å²) in [6.07, 6.45) is 0.706. The highest BCUT2D eigenvalue weighted by atomic mass is 35.5. The van der Waals surface area contributed by atoms with Crippen molar-refractivity contribution in [3.8, 4) is 11.4 Å². The fourth-order valence-corrected chi connectivity index (χ4v) is 3.61. The fourth-order valence-electron chi connectivity index (χ4n) is 2.50. The maximum Gasteiger partial charge on any atom is 0.246 e. The summed E-state index contributed by atoms with van der Waals surface area (Å²) in [5, 5.41) is 7.34. The SMILES string of the molecule is CC[C@@H](Sc1ccc(Cl)cc1)C(=O)NCc1nc(-c2cccc(C)c2)no1. The van der Waals surface area contributed by atoms with Gasteiger partial charge in [-0.25, -0.2) is 0 Å². The molecule has 0 spiro atoms. The molecule has 0 saturated carbocycles. The molecule has 0 aliphatic rings. The standard InChI is InChI=1S/C20H20ClN3O2S/c1-3-17(27-16-9-7-15(21)8-10-16)20(25)22-12-18-23-19(24-26-18)14-6-4-5-13(2)11-14/h4-11,17H,3,12H2,1-2H3,(H,22,25)/t17-/m1/s1. The molecule has 0 fully saturated rings. The first-order chi connectivity index (χ1) is 13.0. The normalized spacial score (nSPS) is 12.0. The summed E-state index contributed by atoms with van der Waals surface area (Å²) < 4.78 is 5.26. The summed E-state index contributed by atoms with van der Waals surface area (Å²) in [6, 6.07) is 15.3. The molecule has 1 amide bonds. The topological polar surface area (TPSA) is 68.0 Å². The predicted octanol–water partition coefficient (Wildman–Crippen LogP) is 4.89. The molecule has 0 bridgehead atoms. The number of benzene rings is 2. The molecule has 5 nitrogen and oxygen atoms in total. The number of carbonyl (C=O) groups is 1. The second-order valence-corrected chi connectivity index (χ2v) is 7.78. The van der Waals surface area contributed by atoms with Crippen LogP contribution in [0.3, 0.4) is 0 Å². The molecule has 0 radical (unpaired) electrons. The lowest BCUT2D eigenvalue weighted by molar-refractivity contribution is -0.120. The molecule has 0 aliphatic heterocycles. The molecule has 1 N–H and O–H groups in total. The van der Waals surface area contributed by atoms with Gasteiger partial charge >= 0.3 is 0 Å². The Hall–Kier alpha value is -2.31. The van der Waals surface area contributed by atoms with Crippen LogP contribution in [0.15, 0.2) is 57.9 Å². The van der Waals surface area contributed by atoms with E-state index in [1.165, 1.54) is 11.8 Å². The molecule has 27 heavy (non-hydrogen) atoms. The van der Waals surface area contributed by atoms with Crippen molar-refractivity contribution in [1.29, 1.82) is 0 Å². The van der Waals surface area contributed by atoms with Crippen LogP contribution in [-0.2, 0) is 11.3 Å². The average Bonchev–Trinajstić information content (AvgIpc) is 3.15. The van der Waals surface area contributed by atoms with Gasteiger partial charge in [-0.15, -0.1) is 11.8 Å². The van der Waals surface area contributed by atoms with E-state index in [4.69, 9.17) is 16.1 Å². The number of thioether (sulfide) groups is 1. The van der Waals surface area contributed by atoms with Gasteiger partial charge in [0.2, 0.25) is 17.6 Å². The lowest BCUT2D eigenvalue weighted by atomic mass is 10.1. The molecule has 0 saturated heterocycles. The molecule has 7 heteroatoms. The van der Waals surface area contributed by atoms with Crippen molar-refractivity contribution in [2.24, 2.45) is 0 Å². The average molecular weight is 402 g/mol. The summed E-state index contributed by atoms with van der Waals surface area (Å²) in [7, 11) is 0. The molecule has 0 aliphatic carbocycles. The largest absolute Gasteiger partial charge is 0.346 e. The van der Waals surface area contributed by atoms with Gasteiger partial charge in [0.1, 0.15) is 0 Å². The van der Waals surface area contributed by atoms with E-state index in [0.29, 0.717) is 23.2 Å². The number of halogens is 1. The first kappa shape index (κ1) is 19.5. The zero-order valence-electron chi connectivity index (χ0n) is 15.1. The summed E-state index contributed by atoms with van der Waals surface area (Å²) >= 11 is 7.41. The molecule has 2 aromatic carbocycles. The Morgan fingerprint density at radius 2 is 2.04 bits per heavy atom. The maximum absolute atomic E-state index is 12.5. The van der Waals surface area contributed by atoms with Crippen molar-refractivity contribution in [3.05, 3.63) is 65.0 Å². The van der Waals surface area contributed by atoms with Gasteiger partial charge in [0.25, 0.3) is 0 Å². The minimum atomic E-state index is -0.203. The number of rotatable bonds is 7. The van der Waals surface area contributed by atoms with Crippen molar-refractivity contribution < 1.29 is 9.32 Å². The fraction of sp³-hybridized carbons (Fsp3) is 0.250. The lowest BCUT2D eigenvalue weighted by Crippen LogP contribution is -2.31. The van der Waals surface area contributed by atoms with Gasteiger partial charge in [-0.1, -0.05) is 47.4 Å². The van der Waals surface area contributed by atoms with Crippen molar-refractivity contribution in [1.82, 2.24) is 15.5 Å². The second kappa shape index (κ2) is 9.06. The molecular weight excluding hydrogens is 382 g/mol. The van der Waals surface area contributed by atoms with Gasteiger partial charge in [0.15, 0.2) is 0 Å². The highest BCUT2D eigenvalue weighted by molar-refractivity contribution is 8.00. The number of nitrogens with one attached hydrogen (secondary N) is 1. The first-order valence-electron chi connectivity index (χ1n) is 8.64. The van der Waals surface area contributed by atoms with Crippen molar-refractivity contribution in [2.75, 3.05) is 0 Å². The van der Waals surface area contributed by atoms with E-state index in [-0.39, 0.29) is 17.7 Å². The number of aromatic nitrogens is 2. The number of hydrogen-bond donors (Lipinski definition) is 1. The van der Waals surface area contributed by atoms with E-state index in [2.05, 4.69) is 15.5 Å². The van der Waals surface area contributed by atoms with E-state index in [1.54, 1.807) is 0 Å². The third kappa shape index (κ3) is 5.34. The molecular formula is C20H20ClN3O2S. The van der Waals surface area contributed by atoms with E-state index in [0.717, 1.165) is 16.0 Å². The number of hydrogen-bond acceptors (Lipinski definition) is 5. The molecule has 1 heterocycles. The predicted molar refractivity (Wildman–Crippen MR) is 108 cm³/mol. The van der Waals surface area contributed by atoms with Gasteiger partial charge in [-0.05, 0) is 43.7 Å². The third-order valence-corrected chi connectivity index (χ3v) is 5.54. The Labute approximate surface area is 167 Å². The molecule has 140 valence electrons. The van der Waals surface area contributed by atoms with Crippen molar-refractivity contribution in [2.45, 2.75) is 37.0 Å². The minimum Gasteiger partial charge on any atom is -0.346 e. The van der Waals surface area contributed by atoms with Crippen LogP contribution in [0.1, 0.15) is 24.8 Å². The number of amides is 1. The van der Waals surface area contributed by atoms with Crippen LogP contribution in [0.2, 0.25) is 5.02 Å². The maximum atomic E-state index is 12.5. The number of aryl methyl sites for hydroxylation is 1. The monoisotopic (exact) mass is 401 g/mol. The second-order valence-electron chi connectivity index (χ2n) is 6.07. The van der Waals surface area contributed by atoms with Crippen LogP contribution in [0.4, 0.5) is 0 Å². The van der Waals surface area contributed by atoms with Gasteiger partial charge in [0.05, 0.1) is 11.8 Å². The summed E-state index contributed by atoms with van der Waals surface area (Å²) in [5.41, 5.74) is 2.01. The molecule has 3 aromatic rings. The van der Waals surface area contributed by atoms with Crippen LogP contribution in [0.5, 0.6) is 0 Å². The number of nitrogens with zero attached hydrogens (tertiary/aromatic N) is 2. The molecule has 1 atom stereocenters. The van der Waals surface area contributed by atoms with E-state index in [9.17, 15) is 4.79 Å². The molecule has 0 unspecified atom stereocenters. The number of carbonyl (C=O) groups excluding carboxylic acids is 1. The van der Waals surface area contributed by atoms with Crippen LogP contribution in [0, 0.1) is 6.92 Å². The zero-order chi connectivity index (χ0) is 19.2. The van der Waals surface area contributed by atoms with Gasteiger partial charge in [0, 0.05) is 15.5 Å². The Morgan fingerprint density at radius 1 is 1.26 bits per heavy atom. The Balaban J connectivity index is 1.58. The van der Waals surface area contributed by atoms with Crippen LogP contribution >= 0.6 is 23.4 Å². The Bertz CT molecular complexity index is 912. The van der Waals surface area contributed by atoms with Crippen LogP contribution < -0.4 is 5.32 Å². The molecule has 3 rings (SSSR count). The summed E-state index contributed by atoms with van der Waals surface area (Å²) in [6.45, 7) is 4.19. The van der Waals surface area contributed by atoms with E-state index >= 15 is 0 Å². The quantitative estimate of drug-likeness (QED) is 0.571.